The molecule has 1 aliphatic heterocycles. The quantitative estimate of drug-likeness (QED) is 0.268. The maximum Gasteiger partial charge on any atom is 0.191 e. The molecule has 1 aliphatic rings. The maximum absolute atomic E-state index is 4.51. The summed E-state index contributed by atoms with van der Waals surface area (Å²) in [7, 11) is 3.81. The first-order chi connectivity index (χ1) is 15.1. The summed E-state index contributed by atoms with van der Waals surface area (Å²) in [5, 5.41) is 13.8. The number of fused-ring (bicyclic) bond motifs is 1. The molecule has 4 rings (SSSR count). The van der Waals surface area contributed by atoms with Crippen LogP contribution in [0.3, 0.4) is 0 Å². The highest BCUT2D eigenvalue weighted by Crippen LogP contribution is 2.30. The van der Waals surface area contributed by atoms with Crippen LogP contribution in [0.1, 0.15) is 39.0 Å². The lowest BCUT2D eigenvalue weighted by molar-refractivity contribution is 0.181. The zero-order valence-corrected chi connectivity index (χ0v) is 22.4. The van der Waals surface area contributed by atoms with Crippen LogP contribution < -0.4 is 10.6 Å². The Bertz CT molecular complexity index is 1040. The average molecular weight is 565 g/mol. The van der Waals surface area contributed by atoms with Gasteiger partial charge in [-0.1, -0.05) is 30.3 Å². The van der Waals surface area contributed by atoms with Gasteiger partial charge in [0.1, 0.15) is 0 Å². The van der Waals surface area contributed by atoms with Crippen LogP contribution in [0, 0.1) is 13.8 Å². The van der Waals surface area contributed by atoms with Gasteiger partial charge in [-0.3, -0.25) is 14.6 Å². The Kier molecular flexibility index (Phi) is 8.72. The van der Waals surface area contributed by atoms with Gasteiger partial charge >= 0.3 is 0 Å². The third kappa shape index (κ3) is 5.52. The molecule has 0 saturated carbocycles. The van der Waals surface area contributed by atoms with E-state index in [0.29, 0.717) is 6.54 Å². The molecular formula is C24H33IN6S. The van der Waals surface area contributed by atoms with E-state index < -0.39 is 0 Å². The van der Waals surface area contributed by atoms with Gasteiger partial charge in [-0.2, -0.15) is 5.10 Å². The smallest absolute Gasteiger partial charge is 0.191 e. The number of nitrogens with zero attached hydrogens (tertiary/aromatic N) is 4. The predicted molar refractivity (Wildman–Crippen MR) is 144 cm³/mol. The summed E-state index contributed by atoms with van der Waals surface area (Å²) in [6.45, 7) is 7.75. The Morgan fingerprint density at radius 1 is 1.19 bits per heavy atom. The van der Waals surface area contributed by atoms with Gasteiger partial charge < -0.3 is 10.6 Å². The highest BCUT2D eigenvalue weighted by Gasteiger charge is 2.25. The number of aryl methyl sites for hydroxylation is 2. The molecule has 8 heteroatoms. The van der Waals surface area contributed by atoms with E-state index in [4.69, 9.17) is 0 Å². The standard InChI is InChI=1S/C24H32N6S.HI/c1-17-21(18(2)29(4)28-17)14-26-24(25-3)27-15-22(19-8-6-5-7-9-19)30-12-10-23-20(16-30)11-13-31-23;/h5-9,11,13,22H,10,12,14-16H2,1-4H3,(H2,25,26,27);1H. The highest BCUT2D eigenvalue weighted by atomic mass is 127. The molecular weight excluding hydrogens is 531 g/mol. The molecule has 1 unspecified atom stereocenters. The van der Waals surface area contributed by atoms with Gasteiger partial charge in [0, 0.05) is 56.4 Å². The number of guanidine groups is 1. The first kappa shape index (κ1) is 24.7. The van der Waals surface area contributed by atoms with Crippen LogP contribution in [0.5, 0.6) is 0 Å². The lowest BCUT2D eigenvalue weighted by atomic mass is 10.0. The minimum absolute atomic E-state index is 0. The van der Waals surface area contributed by atoms with E-state index in [1.54, 1.807) is 0 Å². The van der Waals surface area contributed by atoms with Crippen molar-refractivity contribution in [2.24, 2.45) is 12.0 Å². The molecule has 1 atom stereocenters. The molecule has 3 heterocycles. The first-order valence-electron chi connectivity index (χ1n) is 10.8. The van der Waals surface area contributed by atoms with E-state index in [1.807, 2.05) is 30.1 Å². The Labute approximate surface area is 212 Å². The monoisotopic (exact) mass is 564 g/mol. The second kappa shape index (κ2) is 11.3. The molecule has 0 amide bonds. The number of hydrogen-bond acceptors (Lipinski definition) is 4. The van der Waals surface area contributed by atoms with E-state index in [1.165, 1.54) is 27.3 Å². The fourth-order valence-corrected chi connectivity index (χ4v) is 5.22. The molecule has 0 bridgehead atoms. The van der Waals surface area contributed by atoms with Crippen LogP contribution in [0.25, 0.3) is 0 Å². The second-order valence-electron chi connectivity index (χ2n) is 8.10. The molecule has 2 N–H and O–H groups in total. The Balaban J connectivity index is 0.00000289. The molecule has 0 spiro atoms. The Morgan fingerprint density at radius 2 is 1.97 bits per heavy atom. The zero-order valence-electron chi connectivity index (χ0n) is 19.3. The SMILES string of the molecule is CN=C(NCc1c(C)nn(C)c1C)NCC(c1ccccc1)N1CCc2sccc2C1.I. The predicted octanol–water partition coefficient (Wildman–Crippen LogP) is 4.18. The average Bonchev–Trinajstić information content (AvgIpc) is 3.35. The van der Waals surface area contributed by atoms with Crippen molar-refractivity contribution in [1.29, 1.82) is 0 Å². The van der Waals surface area contributed by atoms with Crippen LogP contribution in [0.2, 0.25) is 0 Å². The van der Waals surface area contributed by atoms with E-state index in [-0.39, 0.29) is 30.0 Å². The molecule has 0 fully saturated rings. The molecule has 6 nitrogen and oxygen atoms in total. The molecule has 2 aromatic heterocycles. The maximum atomic E-state index is 4.51. The van der Waals surface area contributed by atoms with Crippen LogP contribution in [0.4, 0.5) is 0 Å². The Hall–Kier alpha value is -1.91. The summed E-state index contributed by atoms with van der Waals surface area (Å²) in [6.07, 6.45) is 1.13. The summed E-state index contributed by atoms with van der Waals surface area (Å²) < 4.78 is 1.93. The van der Waals surface area contributed by atoms with E-state index in [9.17, 15) is 0 Å². The fraction of sp³-hybridized carbons (Fsp3) is 0.417. The normalized spacial score (nSPS) is 15.1. The summed E-state index contributed by atoms with van der Waals surface area (Å²) >= 11 is 1.89. The van der Waals surface area contributed by atoms with Crippen molar-refractivity contribution in [3.05, 3.63) is 74.7 Å². The van der Waals surface area contributed by atoms with Crippen LogP contribution >= 0.6 is 35.3 Å². The van der Waals surface area contributed by atoms with Gasteiger partial charge in [0.15, 0.2) is 5.96 Å². The number of aromatic nitrogens is 2. The van der Waals surface area contributed by atoms with Crippen LogP contribution in [0.15, 0.2) is 46.8 Å². The van der Waals surface area contributed by atoms with Crippen LogP contribution in [-0.2, 0) is 26.6 Å². The minimum Gasteiger partial charge on any atom is -0.354 e. The third-order valence-corrected chi connectivity index (χ3v) is 7.26. The van der Waals surface area contributed by atoms with Crippen molar-refractivity contribution < 1.29 is 0 Å². The Morgan fingerprint density at radius 3 is 2.66 bits per heavy atom. The molecule has 0 aliphatic carbocycles. The van der Waals surface area contributed by atoms with Gasteiger partial charge in [0.25, 0.3) is 0 Å². The molecule has 0 saturated heterocycles. The van der Waals surface area contributed by atoms with Gasteiger partial charge in [-0.25, -0.2) is 0 Å². The molecule has 0 radical (unpaired) electrons. The van der Waals surface area contributed by atoms with Crippen LogP contribution in [-0.4, -0.2) is 40.8 Å². The van der Waals surface area contributed by atoms with E-state index in [2.05, 4.69) is 81.3 Å². The number of hydrogen-bond donors (Lipinski definition) is 2. The third-order valence-electron chi connectivity index (χ3n) is 6.24. The van der Waals surface area contributed by atoms with Crippen molar-refractivity contribution >= 4 is 41.3 Å². The van der Waals surface area contributed by atoms with Crippen molar-refractivity contribution in [2.75, 3.05) is 20.1 Å². The van der Waals surface area contributed by atoms with Gasteiger partial charge in [-0.05, 0) is 42.8 Å². The fourth-order valence-electron chi connectivity index (χ4n) is 4.33. The number of nitrogens with one attached hydrogen (secondary N) is 2. The van der Waals surface area contributed by atoms with Crippen molar-refractivity contribution in [3.63, 3.8) is 0 Å². The summed E-state index contributed by atoms with van der Waals surface area (Å²) in [6, 6.07) is 13.4. The minimum atomic E-state index is 0. The topological polar surface area (TPSA) is 57.5 Å². The highest BCUT2D eigenvalue weighted by molar-refractivity contribution is 14.0. The first-order valence-corrected chi connectivity index (χ1v) is 11.7. The summed E-state index contributed by atoms with van der Waals surface area (Å²) in [5.41, 5.74) is 6.28. The van der Waals surface area contributed by atoms with Crippen molar-refractivity contribution in [1.82, 2.24) is 25.3 Å². The number of halogens is 1. The summed E-state index contributed by atoms with van der Waals surface area (Å²) in [4.78, 5) is 8.58. The molecule has 32 heavy (non-hydrogen) atoms. The number of thiophene rings is 1. The zero-order chi connectivity index (χ0) is 21.8. The van der Waals surface area contributed by atoms with Gasteiger partial charge in [-0.15, -0.1) is 35.3 Å². The van der Waals surface area contributed by atoms with Crippen molar-refractivity contribution in [3.8, 4) is 0 Å². The van der Waals surface area contributed by atoms with Gasteiger partial charge in [0.05, 0.1) is 11.7 Å². The van der Waals surface area contributed by atoms with Crippen molar-refractivity contribution in [2.45, 2.75) is 39.4 Å². The number of aliphatic imine (C=N–C) groups is 1. The second-order valence-corrected chi connectivity index (χ2v) is 9.10. The summed E-state index contributed by atoms with van der Waals surface area (Å²) in [5.74, 6) is 0.816. The lowest BCUT2D eigenvalue weighted by Crippen LogP contribution is -2.44. The lowest BCUT2D eigenvalue weighted by Gasteiger charge is -2.35. The molecule has 172 valence electrons. The van der Waals surface area contributed by atoms with Gasteiger partial charge in [0.2, 0.25) is 0 Å². The van der Waals surface area contributed by atoms with E-state index >= 15 is 0 Å². The molecule has 1 aromatic carbocycles. The van der Waals surface area contributed by atoms with E-state index in [0.717, 1.165) is 37.7 Å². The number of benzene rings is 1. The largest absolute Gasteiger partial charge is 0.354 e. The molecule has 3 aromatic rings. The number of rotatable bonds is 6.